The zero-order chi connectivity index (χ0) is 17.9. The maximum absolute atomic E-state index is 13.0. The van der Waals surface area contributed by atoms with E-state index in [1.165, 1.54) is 12.1 Å². The second-order valence-electron chi connectivity index (χ2n) is 6.66. The average molecular weight is 341 g/mol. The lowest BCUT2D eigenvalue weighted by atomic mass is 9.83. The summed E-state index contributed by atoms with van der Waals surface area (Å²) in [5.41, 5.74) is 1.58. The maximum atomic E-state index is 13.0. The molecule has 0 aliphatic carbocycles. The van der Waals surface area contributed by atoms with Gasteiger partial charge in [0, 0.05) is 12.0 Å². The number of hydrogen-bond acceptors (Lipinski definition) is 2. The third-order valence-electron chi connectivity index (χ3n) is 5.10. The van der Waals surface area contributed by atoms with Gasteiger partial charge < -0.3 is 10.1 Å². The number of ether oxygens (including phenoxy) is 1. The van der Waals surface area contributed by atoms with Crippen LogP contribution in [-0.2, 0) is 11.2 Å². The zero-order valence-electron chi connectivity index (χ0n) is 14.7. The number of carbonyl (C=O) groups excluding carboxylic acids is 1. The van der Waals surface area contributed by atoms with E-state index in [-0.39, 0.29) is 29.8 Å². The summed E-state index contributed by atoms with van der Waals surface area (Å²) in [4.78, 5) is 12.5. The van der Waals surface area contributed by atoms with Gasteiger partial charge in [0.25, 0.3) is 0 Å². The fourth-order valence-corrected chi connectivity index (χ4v) is 3.46. The Morgan fingerprint density at radius 2 is 1.84 bits per heavy atom. The van der Waals surface area contributed by atoms with Crippen molar-refractivity contribution >= 4 is 5.91 Å². The lowest BCUT2D eigenvalue weighted by Gasteiger charge is -2.41. The monoisotopic (exact) mass is 341 g/mol. The number of rotatable bonds is 5. The minimum absolute atomic E-state index is 0.0607. The molecule has 0 saturated carbocycles. The van der Waals surface area contributed by atoms with Gasteiger partial charge in [-0.2, -0.15) is 0 Å². The second kappa shape index (κ2) is 7.26. The Labute approximate surface area is 148 Å². The summed E-state index contributed by atoms with van der Waals surface area (Å²) in [6, 6.07) is 13.9. The van der Waals surface area contributed by atoms with Gasteiger partial charge in [0.05, 0.1) is 12.5 Å². The highest BCUT2D eigenvalue weighted by atomic mass is 19.1. The van der Waals surface area contributed by atoms with Crippen LogP contribution in [0, 0.1) is 5.82 Å². The van der Waals surface area contributed by atoms with E-state index < -0.39 is 0 Å². The standard InChI is InChI=1S/C21H24FNO2/c1-3-21(4-2)14-18(17-7-5-6-8-19(17)25-21)23-20(24)13-15-9-11-16(22)12-10-15/h5-12,18H,3-4,13-14H2,1-2H3,(H,23,24)/t18-/m1/s1. The Balaban J connectivity index is 1.78. The van der Waals surface area contributed by atoms with Crippen molar-refractivity contribution in [2.75, 3.05) is 0 Å². The molecule has 1 atom stereocenters. The largest absolute Gasteiger partial charge is 0.487 e. The van der Waals surface area contributed by atoms with Crippen LogP contribution in [0.1, 0.15) is 50.3 Å². The Bertz CT molecular complexity index is 738. The topological polar surface area (TPSA) is 38.3 Å². The van der Waals surface area contributed by atoms with Gasteiger partial charge >= 0.3 is 0 Å². The van der Waals surface area contributed by atoms with Crippen molar-refractivity contribution in [1.29, 1.82) is 0 Å². The number of amides is 1. The first-order chi connectivity index (χ1) is 12.0. The fraction of sp³-hybridized carbons (Fsp3) is 0.381. The summed E-state index contributed by atoms with van der Waals surface area (Å²) >= 11 is 0. The molecule has 0 spiro atoms. The van der Waals surface area contributed by atoms with Gasteiger partial charge in [-0.1, -0.05) is 44.2 Å². The molecular formula is C21H24FNO2. The van der Waals surface area contributed by atoms with Gasteiger partial charge in [0.2, 0.25) is 5.91 Å². The van der Waals surface area contributed by atoms with E-state index in [1.807, 2.05) is 24.3 Å². The van der Waals surface area contributed by atoms with Crippen LogP contribution in [-0.4, -0.2) is 11.5 Å². The van der Waals surface area contributed by atoms with Crippen LogP contribution in [0.4, 0.5) is 4.39 Å². The van der Waals surface area contributed by atoms with Crippen molar-refractivity contribution in [3.8, 4) is 5.75 Å². The lowest BCUT2D eigenvalue weighted by Crippen LogP contribution is -2.44. The van der Waals surface area contributed by atoms with E-state index in [0.717, 1.165) is 36.1 Å². The molecule has 0 saturated heterocycles. The normalized spacial score (nSPS) is 18.1. The molecule has 0 bridgehead atoms. The quantitative estimate of drug-likeness (QED) is 0.865. The van der Waals surface area contributed by atoms with Crippen molar-refractivity contribution in [2.24, 2.45) is 0 Å². The Morgan fingerprint density at radius 3 is 2.52 bits per heavy atom. The van der Waals surface area contributed by atoms with E-state index in [1.54, 1.807) is 12.1 Å². The third-order valence-corrected chi connectivity index (χ3v) is 5.10. The minimum atomic E-state index is -0.293. The van der Waals surface area contributed by atoms with Crippen LogP contribution in [0.25, 0.3) is 0 Å². The van der Waals surface area contributed by atoms with Gasteiger partial charge in [-0.15, -0.1) is 0 Å². The van der Waals surface area contributed by atoms with E-state index in [2.05, 4.69) is 19.2 Å². The van der Waals surface area contributed by atoms with Crippen LogP contribution >= 0.6 is 0 Å². The van der Waals surface area contributed by atoms with Crippen LogP contribution in [0.5, 0.6) is 5.75 Å². The molecule has 25 heavy (non-hydrogen) atoms. The molecule has 4 heteroatoms. The zero-order valence-corrected chi connectivity index (χ0v) is 14.7. The first kappa shape index (κ1) is 17.5. The van der Waals surface area contributed by atoms with Crippen LogP contribution < -0.4 is 10.1 Å². The van der Waals surface area contributed by atoms with Crippen LogP contribution in [0.15, 0.2) is 48.5 Å². The highest BCUT2D eigenvalue weighted by Crippen LogP contribution is 2.42. The number of carbonyl (C=O) groups is 1. The predicted molar refractivity (Wildman–Crippen MR) is 96.0 cm³/mol. The minimum Gasteiger partial charge on any atom is -0.487 e. The van der Waals surface area contributed by atoms with E-state index in [9.17, 15) is 9.18 Å². The number of fused-ring (bicyclic) bond motifs is 1. The predicted octanol–water partition coefficient (Wildman–Crippen LogP) is 4.57. The van der Waals surface area contributed by atoms with Crippen molar-refractivity contribution in [2.45, 2.75) is 51.2 Å². The van der Waals surface area contributed by atoms with E-state index in [4.69, 9.17) is 4.74 Å². The first-order valence-corrected chi connectivity index (χ1v) is 8.87. The summed E-state index contributed by atoms with van der Waals surface area (Å²) in [7, 11) is 0. The summed E-state index contributed by atoms with van der Waals surface area (Å²) in [6.45, 7) is 4.24. The SMILES string of the molecule is CCC1(CC)C[C@@H](NC(=O)Cc2ccc(F)cc2)c2ccccc2O1. The molecule has 2 aromatic rings. The first-order valence-electron chi connectivity index (χ1n) is 8.87. The van der Waals surface area contributed by atoms with Crippen LogP contribution in [0.3, 0.4) is 0 Å². The summed E-state index contributed by atoms with van der Waals surface area (Å²) in [5.74, 6) is 0.497. The van der Waals surface area contributed by atoms with Crippen molar-refractivity contribution in [1.82, 2.24) is 5.32 Å². The molecule has 1 N–H and O–H groups in total. The molecule has 0 fully saturated rings. The summed E-state index contributed by atoms with van der Waals surface area (Å²) in [5, 5.41) is 3.15. The molecule has 3 nitrogen and oxygen atoms in total. The van der Waals surface area contributed by atoms with Crippen LogP contribution in [0.2, 0.25) is 0 Å². The smallest absolute Gasteiger partial charge is 0.224 e. The van der Waals surface area contributed by atoms with Gasteiger partial charge in [0.1, 0.15) is 17.2 Å². The number of halogens is 1. The molecule has 0 aromatic heterocycles. The Hall–Kier alpha value is -2.36. The lowest BCUT2D eigenvalue weighted by molar-refractivity contribution is -0.121. The van der Waals surface area contributed by atoms with E-state index >= 15 is 0 Å². The molecule has 1 heterocycles. The fourth-order valence-electron chi connectivity index (χ4n) is 3.46. The summed E-state index contributed by atoms with van der Waals surface area (Å²) < 4.78 is 19.3. The van der Waals surface area contributed by atoms with Gasteiger partial charge in [-0.25, -0.2) is 4.39 Å². The van der Waals surface area contributed by atoms with Gasteiger partial charge in [0.15, 0.2) is 0 Å². The molecule has 1 aliphatic heterocycles. The number of hydrogen-bond donors (Lipinski definition) is 1. The molecule has 1 amide bonds. The molecular weight excluding hydrogens is 317 g/mol. The molecule has 132 valence electrons. The molecule has 0 unspecified atom stereocenters. The van der Waals surface area contributed by atoms with Crippen molar-refractivity contribution < 1.29 is 13.9 Å². The van der Waals surface area contributed by atoms with Crippen molar-refractivity contribution in [3.63, 3.8) is 0 Å². The highest BCUT2D eigenvalue weighted by molar-refractivity contribution is 5.79. The summed E-state index contributed by atoms with van der Waals surface area (Å²) in [6.07, 6.45) is 2.78. The number of benzene rings is 2. The molecule has 0 radical (unpaired) electrons. The molecule has 2 aromatic carbocycles. The maximum Gasteiger partial charge on any atom is 0.224 e. The average Bonchev–Trinajstić information content (AvgIpc) is 2.63. The van der Waals surface area contributed by atoms with Gasteiger partial charge in [-0.3, -0.25) is 4.79 Å². The third kappa shape index (κ3) is 3.84. The van der Waals surface area contributed by atoms with Gasteiger partial charge in [-0.05, 0) is 36.6 Å². The second-order valence-corrected chi connectivity index (χ2v) is 6.66. The highest BCUT2D eigenvalue weighted by Gasteiger charge is 2.38. The Kier molecular flexibility index (Phi) is 5.07. The molecule has 3 rings (SSSR count). The Morgan fingerprint density at radius 1 is 1.16 bits per heavy atom. The van der Waals surface area contributed by atoms with Crippen molar-refractivity contribution in [3.05, 3.63) is 65.5 Å². The number of para-hydroxylation sites is 1. The van der Waals surface area contributed by atoms with E-state index in [0.29, 0.717) is 0 Å². The molecule has 1 aliphatic rings. The number of nitrogens with one attached hydrogen (secondary N) is 1.